The van der Waals surface area contributed by atoms with Gasteiger partial charge in [0.1, 0.15) is 6.33 Å². The summed E-state index contributed by atoms with van der Waals surface area (Å²) in [6.45, 7) is 3.83. The van der Waals surface area contributed by atoms with Crippen LogP contribution in [0, 0.1) is 0 Å². The van der Waals surface area contributed by atoms with Crippen LogP contribution in [0.3, 0.4) is 0 Å². The quantitative estimate of drug-likeness (QED) is 0.727. The molecule has 0 aliphatic heterocycles. The summed E-state index contributed by atoms with van der Waals surface area (Å²) in [5.74, 6) is -0.198. The molecule has 0 bridgehead atoms. The van der Waals surface area contributed by atoms with Crippen LogP contribution in [-0.2, 0) is 17.5 Å². The Morgan fingerprint density at radius 2 is 2.00 bits per heavy atom. The van der Waals surface area contributed by atoms with E-state index >= 15 is 0 Å². The predicted octanol–water partition coefficient (Wildman–Crippen LogP) is 3.63. The van der Waals surface area contributed by atoms with E-state index in [2.05, 4.69) is 10.2 Å². The Bertz CT molecular complexity index is 730. The van der Waals surface area contributed by atoms with Gasteiger partial charge in [-0.1, -0.05) is 30.0 Å². The minimum Gasteiger partial charge on any atom is -0.341 e. The van der Waals surface area contributed by atoms with Crippen LogP contribution in [0.1, 0.15) is 31.0 Å². The van der Waals surface area contributed by atoms with E-state index < -0.39 is 11.7 Å². The van der Waals surface area contributed by atoms with Gasteiger partial charge >= 0.3 is 6.18 Å². The fourth-order valence-corrected chi connectivity index (χ4v) is 3.19. The van der Waals surface area contributed by atoms with E-state index in [9.17, 15) is 18.0 Å². The summed E-state index contributed by atoms with van der Waals surface area (Å²) in [5.41, 5.74) is -0.650. The van der Waals surface area contributed by atoms with Gasteiger partial charge in [0.15, 0.2) is 5.16 Å². The Morgan fingerprint density at radius 3 is 2.64 bits per heavy atom. The highest BCUT2D eigenvalue weighted by atomic mass is 32.2. The lowest BCUT2D eigenvalue weighted by molar-refractivity contribution is -0.139. The molecule has 25 heavy (non-hydrogen) atoms. The average molecular weight is 372 g/mol. The maximum atomic E-state index is 13.0. The molecular formula is C16H19F3N4OS. The zero-order valence-electron chi connectivity index (χ0n) is 14.1. The molecule has 0 fully saturated rings. The Balaban J connectivity index is 2.01. The SMILES string of the molecule is CC(C)n1cnnc1SCC(=O)N(C)Cc1ccccc1C(F)(F)F. The first-order chi connectivity index (χ1) is 11.7. The number of amides is 1. The molecule has 0 atom stereocenters. The van der Waals surface area contributed by atoms with E-state index in [0.29, 0.717) is 5.16 Å². The third-order valence-corrected chi connectivity index (χ3v) is 4.52. The summed E-state index contributed by atoms with van der Waals surface area (Å²) in [6.07, 6.45) is -2.86. The summed E-state index contributed by atoms with van der Waals surface area (Å²) in [6, 6.07) is 5.43. The largest absolute Gasteiger partial charge is 0.416 e. The van der Waals surface area contributed by atoms with Gasteiger partial charge in [-0.25, -0.2) is 0 Å². The van der Waals surface area contributed by atoms with E-state index in [1.807, 2.05) is 18.4 Å². The zero-order chi connectivity index (χ0) is 18.6. The number of hydrogen-bond donors (Lipinski definition) is 0. The van der Waals surface area contributed by atoms with Gasteiger partial charge in [-0.05, 0) is 25.5 Å². The smallest absolute Gasteiger partial charge is 0.341 e. The molecule has 136 valence electrons. The zero-order valence-corrected chi connectivity index (χ0v) is 14.9. The van der Waals surface area contributed by atoms with Crippen LogP contribution in [0.15, 0.2) is 35.7 Å². The summed E-state index contributed by atoms with van der Waals surface area (Å²) < 4.78 is 40.9. The average Bonchev–Trinajstić information content (AvgIpc) is 3.00. The molecule has 1 aromatic carbocycles. The van der Waals surface area contributed by atoms with Gasteiger partial charge in [-0.2, -0.15) is 13.2 Å². The number of benzene rings is 1. The van der Waals surface area contributed by atoms with E-state index in [-0.39, 0.29) is 29.8 Å². The van der Waals surface area contributed by atoms with Gasteiger partial charge < -0.3 is 9.47 Å². The second kappa shape index (κ2) is 7.90. The first kappa shape index (κ1) is 19.3. The number of alkyl halides is 3. The molecule has 0 saturated carbocycles. The monoisotopic (exact) mass is 372 g/mol. The lowest BCUT2D eigenvalue weighted by atomic mass is 10.1. The lowest BCUT2D eigenvalue weighted by Crippen LogP contribution is -2.29. The molecule has 1 aromatic heterocycles. The fourth-order valence-electron chi connectivity index (χ4n) is 2.20. The Kier molecular flexibility index (Phi) is 6.10. The van der Waals surface area contributed by atoms with Crippen molar-refractivity contribution in [1.29, 1.82) is 0 Å². The molecule has 0 saturated heterocycles. The summed E-state index contributed by atoms with van der Waals surface area (Å²) in [5, 5.41) is 8.37. The maximum Gasteiger partial charge on any atom is 0.416 e. The van der Waals surface area contributed by atoms with E-state index in [1.54, 1.807) is 6.33 Å². The normalized spacial score (nSPS) is 11.8. The van der Waals surface area contributed by atoms with Crippen molar-refractivity contribution in [1.82, 2.24) is 19.7 Å². The van der Waals surface area contributed by atoms with Gasteiger partial charge in [0.2, 0.25) is 5.91 Å². The number of aromatic nitrogens is 3. The number of thioether (sulfide) groups is 1. The third kappa shape index (κ3) is 4.97. The van der Waals surface area contributed by atoms with Crippen LogP contribution in [0.2, 0.25) is 0 Å². The van der Waals surface area contributed by atoms with Gasteiger partial charge in [-0.3, -0.25) is 4.79 Å². The highest BCUT2D eigenvalue weighted by molar-refractivity contribution is 7.99. The standard InChI is InChI=1S/C16H19F3N4OS/c1-11(2)23-10-20-21-15(23)25-9-14(24)22(3)8-12-6-4-5-7-13(12)16(17,18)19/h4-7,10-11H,8-9H2,1-3H3. The molecule has 9 heteroatoms. The number of carbonyl (C=O) groups is 1. The van der Waals surface area contributed by atoms with Crippen LogP contribution in [-0.4, -0.2) is 38.4 Å². The second-order valence-electron chi connectivity index (χ2n) is 5.81. The molecule has 0 aliphatic rings. The van der Waals surface area contributed by atoms with Crippen LogP contribution in [0.25, 0.3) is 0 Å². The van der Waals surface area contributed by atoms with Crippen molar-refractivity contribution < 1.29 is 18.0 Å². The number of nitrogens with zero attached hydrogens (tertiary/aromatic N) is 4. The highest BCUT2D eigenvalue weighted by Gasteiger charge is 2.33. The first-order valence-corrected chi connectivity index (χ1v) is 8.60. The Labute approximate surface area is 148 Å². The third-order valence-electron chi connectivity index (χ3n) is 3.58. The van der Waals surface area contributed by atoms with Crippen molar-refractivity contribution in [3.05, 3.63) is 41.7 Å². The molecule has 0 spiro atoms. The summed E-state index contributed by atoms with van der Waals surface area (Å²) >= 11 is 1.21. The Hall–Kier alpha value is -2.03. The highest BCUT2D eigenvalue weighted by Crippen LogP contribution is 2.32. The lowest BCUT2D eigenvalue weighted by Gasteiger charge is -2.20. The van der Waals surface area contributed by atoms with Crippen molar-refractivity contribution in [3.8, 4) is 0 Å². The molecule has 0 unspecified atom stereocenters. The summed E-state index contributed by atoms with van der Waals surface area (Å²) in [4.78, 5) is 13.5. The van der Waals surface area contributed by atoms with Crippen LogP contribution >= 0.6 is 11.8 Å². The number of halogens is 3. The van der Waals surface area contributed by atoms with Crippen molar-refractivity contribution in [2.45, 2.75) is 37.8 Å². The van der Waals surface area contributed by atoms with Crippen molar-refractivity contribution in [2.24, 2.45) is 0 Å². The van der Waals surface area contributed by atoms with Gasteiger partial charge in [0, 0.05) is 19.6 Å². The van der Waals surface area contributed by atoms with Crippen molar-refractivity contribution in [2.75, 3.05) is 12.8 Å². The molecule has 1 amide bonds. The second-order valence-corrected chi connectivity index (χ2v) is 6.75. The molecule has 2 aromatic rings. The summed E-state index contributed by atoms with van der Waals surface area (Å²) in [7, 11) is 1.49. The van der Waals surface area contributed by atoms with E-state index in [4.69, 9.17) is 0 Å². The molecular weight excluding hydrogens is 353 g/mol. The Morgan fingerprint density at radius 1 is 1.32 bits per heavy atom. The minimum absolute atomic E-state index is 0.0706. The van der Waals surface area contributed by atoms with Gasteiger partial charge in [0.25, 0.3) is 0 Å². The number of hydrogen-bond acceptors (Lipinski definition) is 4. The molecule has 0 N–H and O–H groups in total. The molecule has 0 aliphatic carbocycles. The molecule has 1 heterocycles. The topological polar surface area (TPSA) is 51.0 Å². The van der Waals surface area contributed by atoms with Crippen LogP contribution in [0.4, 0.5) is 13.2 Å². The minimum atomic E-state index is -4.44. The van der Waals surface area contributed by atoms with Crippen molar-refractivity contribution >= 4 is 17.7 Å². The fraction of sp³-hybridized carbons (Fsp3) is 0.438. The first-order valence-electron chi connectivity index (χ1n) is 7.61. The van der Waals surface area contributed by atoms with E-state index in [1.165, 1.54) is 41.9 Å². The van der Waals surface area contributed by atoms with E-state index in [0.717, 1.165) is 6.07 Å². The van der Waals surface area contributed by atoms with Crippen molar-refractivity contribution in [3.63, 3.8) is 0 Å². The molecule has 0 radical (unpaired) electrons. The molecule has 2 rings (SSSR count). The van der Waals surface area contributed by atoms with Crippen LogP contribution in [0.5, 0.6) is 0 Å². The molecule has 5 nitrogen and oxygen atoms in total. The predicted molar refractivity (Wildman–Crippen MR) is 89.0 cm³/mol. The number of rotatable bonds is 6. The van der Waals surface area contributed by atoms with Crippen LogP contribution < -0.4 is 0 Å². The van der Waals surface area contributed by atoms with Gasteiger partial charge in [0.05, 0.1) is 11.3 Å². The van der Waals surface area contributed by atoms with Gasteiger partial charge in [-0.15, -0.1) is 10.2 Å². The number of carbonyl (C=O) groups excluding carboxylic acids is 1. The maximum absolute atomic E-state index is 13.0.